The van der Waals surface area contributed by atoms with Gasteiger partial charge >= 0.3 is 0 Å². The maximum Gasteiger partial charge on any atom is 0.264 e. The van der Waals surface area contributed by atoms with Gasteiger partial charge in [-0.05, 0) is 60.0 Å². The number of carbonyl (C=O) groups excluding carboxylic acids is 1. The van der Waals surface area contributed by atoms with Gasteiger partial charge in [-0.15, -0.1) is 0 Å². The standard InChI is InChI=1S/C22H19N3OS/c26-21-20(15-17-10-11-19-18(14-17)9-5-12-23-19)27-22(25-21)24-13-4-8-16-6-2-1-3-7-16/h1-3,5-7,9-12,14-15H,4,8,13H2,(H,24,25,26)/b20-15-. The molecule has 1 N–H and O–H groups in total. The number of rotatable bonds is 5. The summed E-state index contributed by atoms with van der Waals surface area (Å²) < 4.78 is 0. The van der Waals surface area contributed by atoms with Gasteiger partial charge in [0.15, 0.2) is 5.17 Å². The van der Waals surface area contributed by atoms with Gasteiger partial charge in [-0.3, -0.25) is 14.8 Å². The molecular formula is C22H19N3OS. The fourth-order valence-corrected chi connectivity index (χ4v) is 3.79. The summed E-state index contributed by atoms with van der Waals surface area (Å²) in [5, 5.41) is 4.60. The number of pyridine rings is 1. The van der Waals surface area contributed by atoms with Crippen molar-refractivity contribution in [2.24, 2.45) is 4.99 Å². The predicted octanol–water partition coefficient (Wildman–Crippen LogP) is 4.43. The van der Waals surface area contributed by atoms with Gasteiger partial charge in [-0.1, -0.05) is 42.5 Å². The maximum absolute atomic E-state index is 12.2. The summed E-state index contributed by atoms with van der Waals surface area (Å²) in [7, 11) is 0. The summed E-state index contributed by atoms with van der Waals surface area (Å²) >= 11 is 1.40. The molecule has 3 aromatic rings. The lowest BCUT2D eigenvalue weighted by atomic mass is 10.1. The Morgan fingerprint density at radius 1 is 1.07 bits per heavy atom. The smallest absolute Gasteiger partial charge is 0.264 e. The van der Waals surface area contributed by atoms with Crippen LogP contribution < -0.4 is 5.32 Å². The number of thioether (sulfide) groups is 1. The molecular weight excluding hydrogens is 354 g/mol. The summed E-state index contributed by atoms with van der Waals surface area (Å²) in [4.78, 5) is 21.7. The SMILES string of the molecule is O=C1NC(=NCCCc2ccccc2)S/C1=C\c1ccc2ncccc2c1. The van der Waals surface area contributed by atoms with Crippen LogP contribution in [0, 0.1) is 0 Å². The van der Waals surface area contributed by atoms with Gasteiger partial charge < -0.3 is 5.32 Å². The zero-order valence-electron chi connectivity index (χ0n) is 14.8. The van der Waals surface area contributed by atoms with Crippen LogP contribution in [0.4, 0.5) is 0 Å². The molecule has 0 saturated carbocycles. The molecule has 0 aliphatic carbocycles. The minimum atomic E-state index is -0.0897. The molecule has 1 fully saturated rings. The van der Waals surface area contributed by atoms with E-state index in [4.69, 9.17) is 0 Å². The van der Waals surface area contributed by atoms with Gasteiger partial charge in [0.2, 0.25) is 0 Å². The van der Waals surface area contributed by atoms with Crippen molar-refractivity contribution in [3.05, 3.63) is 82.9 Å². The average Bonchev–Trinajstić information content (AvgIpc) is 3.05. The fraction of sp³-hybridized carbons (Fsp3) is 0.136. The number of carbonyl (C=O) groups is 1. The highest BCUT2D eigenvalue weighted by Gasteiger charge is 2.23. The Bertz CT molecular complexity index is 1030. The van der Waals surface area contributed by atoms with E-state index in [1.807, 2.05) is 54.6 Å². The monoisotopic (exact) mass is 373 g/mol. The van der Waals surface area contributed by atoms with Crippen LogP contribution in [0.1, 0.15) is 17.5 Å². The van der Waals surface area contributed by atoms with Crippen LogP contribution in [-0.2, 0) is 11.2 Å². The molecule has 2 aromatic carbocycles. The summed E-state index contributed by atoms with van der Waals surface area (Å²) in [5.74, 6) is -0.0897. The number of aromatic nitrogens is 1. The lowest BCUT2D eigenvalue weighted by Crippen LogP contribution is -2.20. The molecule has 2 heterocycles. The van der Waals surface area contributed by atoms with Gasteiger partial charge in [0.1, 0.15) is 0 Å². The highest BCUT2D eigenvalue weighted by atomic mass is 32.2. The van der Waals surface area contributed by atoms with Gasteiger partial charge in [0.05, 0.1) is 10.4 Å². The first-order valence-electron chi connectivity index (χ1n) is 8.92. The minimum Gasteiger partial charge on any atom is -0.301 e. The number of nitrogens with zero attached hydrogens (tertiary/aromatic N) is 2. The molecule has 1 amide bonds. The van der Waals surface area contributed by atoms with Crippen LogP contribution in [0.5, 0.6) is 0 Å². The maximum atomic E-state index is 12.2. The molecule has 1 aliphatic heterocycles. The number of aliphatic imine (C=N–C) groups is 1. The predicted molar refractivity (Wildman–Crippen MR) is 113 cm³/mol. The highest BCUT2D eigenvalue weighted by molar-refractivity contribution is 8.18. The number of amidine groups is 1. The first-order chi connectivity index (χ1) is 13.3. The van der Waals surface area contributed by atoms with E-state index in [2.05, 4.69) is 27.4 Å². The molecule has 5 heteroatoms. The van der Waals surface area contributed by atoms with Crippen LogP contribution in [0.2, 0.25) is 0 Å². The number of fused-ring (bicyclic) bond motifs is 1. The van der Waals surface area contributed by atoms with Crippen molar-refractivity contribution >= 4 is 39.8 Å². The lowest BCUT2D eigenvalue weighted by molar-refractivity contribution is -0.115. The van der Waals surface area contributed by atoms with Gasteiger partial charge in [0, 0.05) is 18.1 Å². The first-order valence-corrected chi connectivity index (χ1v) is 9.74. The van der Waals surface area contributed by atoms with Crippen LogP contribution in [0.3, 0.4) is 0 Å². The van der Waals surface area contributed by atoms with Crippen molar-refractivity contribution in [1.82, 2.24) is 10.3 Å². The van der Waals surface area contributed by atoms with E-state index in [9.17, 15) is 4.79 Å². The Balaban J connectivity index is 1.39. The zero-order chi connectivity index (χ0) is 18.5. The van der Waals surface area contributed by atoms with E-state index in [1.54, 1.807) is 6.20 Å². The molecule has 0 spiro atoms. The minimum absolute atomic E-state index is 0.0897. The number of benzene rings is 2. The highest BCUT2D eigenvalue weighted by Crippen LogP contribution is 2.27. The molecule has 27 heavy (non-hydrogen) atoms. The number of aryl methyl sites for hydroxylation is 1. The first kappa shape index (κ1) is 17.5. The van der Waals surface area contributed by atoms with Crippen LogP contribution in [0.15, 0.2) is 76.8 Å². The number of hydrogen-bond acceptors (Lipinski definition) is 4. The summed E-state index contributed by atoms with van der Waals surface area (Å²) in [6.45, 7) is 0.701. The normalized spacial score (nSPS) is 17.0. The molecule has 0 bridgehead atoms. The third-order valence-corrected chi connectivity index (χ3v) is 5.25. The molecule has 4 rings (SSSR count). The van der Waals surface area contributed by atoms with Crippen LogP contribution in [-0.4, -0.2) is 22.6 Å². The summed E-state index contributed by atoms with van der Waals surface area (Å²) in [6.07, 6.45) is 5.63. The molecule has 1 saturated heterocycles. The number of amides is 1. The second kappa shape index (κ2) is 8.18. The molecule has 0 atom stereocenters. The van der Waals surface area contributed by atoms with Gasteiger partial charge in [0.25, 0.3) is 5.91 Å². The van der Waals surface area contributed by atoms with Crippen molar-refractivity contribution in [1.29, 1.82) is 0 Å². The van der Waals surface area contributed by atoms with E-state index in [1.165, 1.54) is 17.3 Å². The van der Waals surface area contributed by atoms with Crippen molar-refractivity contribution in [2.75, 3.05) is 6.54 Å². The second-order valence-corrected chi connectivity index (χ2v) is 7.33. The molecule has 4 nitrogen and oxygen atoms in total. The quantitative estimate of drug-likeness (QED) is 0.532. The fourth-order valence-electron chi connectivity index (χ4n) is 2.95. The Morgan fingerprint density at radius 3 is 2.85 bits per heavy atom. The number of nitrogens with one attached hydrogen (secondary N) is 1. The molecule has 1 aromatic heterocycles. The Morgan fingerprint density at radius 2 is 1.96 bits per heavy atom. The molecule has 0 radical (unpaired) electrons. The van der Waals surface area contributed by atoms with Crippen molar-refractivity contribution < 1.29 is 4.79 Å². The van der Waals surface area contributed by atoms with Gasteiger partial charge in [-0.25, -0.2) is 0 Å². The van der Waals surface area contributed by atoms with Gasteiger partial charge in [-0.2, -0.15) is 0 Å². The molecule has 1 aliphatic rings. The Labute approximate surface area is 162 Å². The van der Waals surface area contributed by atoms with Crippen molar-refractivity contribution in [3.8, 4) is 0 Å². The Kier molecular flexibility index (Phi) is 5.30. The Hall–Kier alpha value is -2.92. The zero-order valence-corrected chi connectivity index (χ0v) is 15.6. The topological polar surface area (TPSA) is 54.4 Å². The van der Waals surface area contributed by atoms with E-state index in [0.29, 0.717) is 16.6 Å². The number of hydrogen-bond donors (Lipinski definition) is 1. The summed E-state index contributed by atoms with van der Waals surface area (Å²) in [6, 6.07) is 20.3. The average molecular weight is 373 g/mol. The van der Waals surface area contributed by atoms with Crippen molar-refractivity contribution in [3.63, 3.8) is 0 Å². The lowest BCUT2D eigenvalue weighted by Gasteiger charge is -1.99. The van der Waals surface area contributed by atoms with E-state index < -0.39 is 0 Å². The van der Waals surface area contributed by atoms with E-state index in [0.717, 1.165) is 29.3 Å². The second-order valence-electron chi connectivity index (χ2n) is 6.30. The molecule has 134 valence electrons. The third kappa shape index (κ3) is 4.44. The van der Waals surface area contributed by atoms with E-state index >= 15 is 0 Å². The van der Waals surface area contributed by atoms with E-state index in [-0.39, 0.29) is 5.91 Å². The van der Waals surface area contributed by atoms with Crippen LogP contribution in [0.25, 0.3) is 17.0 Å². The van der Waals surface area contributed by atoms with Crippen molar-refractivity contribution in [2.45, 2.75) is 12.8 Å². The molecule has 0 unspecified atom stereocenters. The third-order valence-electron chi connectivity index (χ3n) is 4.30. The summed E-state index contributed by atoms with van der Waals surface area (Å²) in [5.41, 5.74) is 3.24. The largest absolute Gasteiger partial charge is 0.301 e. The van der Waals surface area contributed by atoms with Crippen LogP contribution >= 0.6 is 11.8 Å².